The summed E-state index contributed by atoms with van der Waals surface area (Å²) in [5.41, 5.74) is 1.98. The standard InChI is InChI=1S/C11H13N3O2/c1-3-8-5-6-12-10-9(7-13-14(8)10)11(15)16-4-2/h5-7H,3-4H2,1-2H3. The van der Waals surface area contributed by atoms with E-state index in [2.05, 4.69) is 10.1 Å². The van der Waals surface area contributed by atoms with Crippen LogP contribution in [0.15, 0.2) is 18.5 Å². The zero-order chi connectivity index (χ0) is 11.5. The van der Waals surface area contributed by atoms with Gasteiger partial charge in [-0.1, -0.05) is 6.92 Å². The Morgan fingerprint density at radius 1 is 1.50 bits per heavy atom. The number of esters is 1. The third-order valence-corrected chi connectivity index (χ3v) is 2.34. The van der Waals surface area contributed by atoms with Crippen LogP contribution in [0.3, 0.4) is 0 Å². The highest BCUT2D eigenvalue weighted by Crippen LogP contribution is 2.11. The quantitative estimate of drug-likeness (QED) is 0.733. The maximum Gasteiger partial charge on any atom is 0.343 e. The fourth-order valence-electron chi connectivity index (χ4n) is 1.56. The second-order valence-electron chi connectivity index (χ2n) is 3.30. The summed E-state index contributed by atoms with van der Waals surface area (Å²) in [6.45, 7) is 4.15. The first-order chi connectivity index (χ1) is 7.77. The third kappa shape index (κ3) is 1.64. The summed E-state index contributed by atoms with van der Waals surface area (Å²) in [5, 5.41) is 4.15. The lowest BCUT2D eigenvalue weighted by Crippen LogP contribution is -2.05. The van der Waals surface area contributed by atoms with Crippen molar-refractivity contribution in [1.29, 1.82) is 0 Å². The van der Waals surface area contributed by atoms with Crippen molar-refractivity contribution >= 4 is 11.6 Å². The summed E-state index contributed by atoms with van der Waals surface area (Å²) < 4.78 is 6.61. The van der Waals surface area contributed by atoms with E-state index in [4.69, 9.17) is 4.74 Å². The number of rotatable bonds is 3. The molecule has 0 unspecified atom stereocenters. The van der Waals surface area contributed by atoms with Crippen molar-refractivity contribution < 1.29 is 9.53 Å². The minimum atomic E-state index is -0.377. The number of hydrogen-bond acceptors (Lipinski definition) is 4. The molecule has 0 aliphatic rings. The molecule has 0 spiro atoms. The Morgan fingerprint density at radius 2 is 2.31 bits per heavy atom. The van der Waals surface area contributed by atoms with E-state index in [1.807, 2.05) is 13.0 Å². The summed E-state index contributed by atoms with van der Waals surface area (Å²) in [6, 6.07) is 1.88. The first-order valence-corrected chi connectivity index (χ1v) is 5.26. The Balaban J connectivity index is 2.53. The van der Waals surface area contributed by atoms with Crippen LogP contribution in [0, 0.1) is 0 Å². The van der Waals surface area contributed by atoms with Crippen LogP contribution in [-0.2, 0) is 11.2 Å². The number of ether oxygens (including phenoxy) is 1. The van der Waals surface area contributed by atoms with Crippen LogP contribution in [0.5, 0.6) is 0 Å². The van der Waals surface area contributed by atoms with Crippen molar-refractivity contribution in [2.75, 3.05) is 6.61 Å². The van der Waals surface area contributed by atoms with Gasteiger partial charge in [0.1, 0.15) is 5.56 Å². The molecule has 0 aliphatic heterocycles. The van der Waals surface area contributed by atoms with Crippen molar-refractivity contribution in [3.05, 3.63) is 29.7 Å². The van der Waals surface area contributed by atoms with Crippen LogP contribution in [-0.4, -0.2) is 27.2 Å². The SMILES string of the molecule is CCOC(=O)c1cnn2c(CC)ccnc12. The van der Waals surface area contributed by atoms with Gasteiger partial charge in [0.05, 0.1) is 12.8 Å². The molecule has 0 atom stereocenters. The van der Waals surface area contributed by atoms with E-state index in [9.17, 15) is 4.79 Å². The van der Waals surface area contributed by atoms with Gasteiger partial charge in [0, 0.05) is 11.9 Å². The van der Waals surface area contributed by atoms with Crippen LogP contribution in [0.2, 0.25) is 0 Å². The number of carbonyl (C=O) groups excluding carboxylic acids is 1. The predicted octanol–water partition coefficient (Wildman–Crippen LogP) is 1.47. The Bertz CT molecular complexity index is 519. The molecule has 0 saturated heterocycles. The maximum absolute atomic E-state index is 11.6. The Hall–Kier alpha value is -1.91. The second-order valence-corrected chi connectivity index (χ2v) is 3.30. The molecule has 0 amide bonds. The summed E-state index contributed by atoms with van der Waals surface area (Å²) in [7, 11) is 0. The number of hydrogen-bond donors (Lipinski definition) is 0. The van der Waals surface area contributed by atoms with Gasteiger partial charge in [-0.05, 0) is 19.4 Å². The first kappa shape index (κ1) is 10.6. The molecule has 0 fully saturated rings. The molecule has 2 aromatic heterocycles. The van der Waals surface area contributed by atoms with Crippen LogP contribution < -0.4 is 0 Å². The largest absolute Gasteiger partial charge is 0.462 e. The van der Waals surface area contributed by atoms with E-state index in [1.165, 1.54) is 6.20 Å². The van der Waals surface area contributed by atoms with E-state index in [-0.39, 0.29) is 5.97 Å². The van der Waals surface area contributed by atoms with Gasteiger partial charge in [-0.2, -0.15) is 5.10 Å². The van der Waals surface area contributed by atoms with Gasteiger partial charge in [0.2, 0.25) is 0 Å². The van der Waals surface area contributed by atoms with Gasteiger partial charge >= 0.3 is 5.97 Å². The maximum atomic E-state index is 11.6. The lowest BCUT2D eigenvalue weighted by atomic mass is 10.3. The van der Waals surface area contributed by atoms with Crippen molar-refractivity contribution in [3.8, 4) is 0 Å². The average molecular weight is 219 g/mol. The molecule has 0 aliphatic carbocycles. The van der Waals surface area contributed by atoms with Crippen molar-refractivity contribution in [3.63, 3.8) is 0 Å². The highest BCUT2D eigenvalue weighted by molar-refractivity contribution is 5.95. The smallest absolute Gasteiger partial charge is 0.343 e. The Kier molecular flexibility index (Phi) is 2.85. The fraction of sp³-hybridized carbons (Fsp3) is 0.364. The number of nitrogens with zero attached hydrogens (tertiary/aromatic N) is 3. The molecular formula is C11H13N3O2. The van der Waals surface area contributed by atoms with Gasteiger partial charge < -0.3 is 4.74 Å². The van der Waals surface area contributed by atoms with Crippen molar-refractivity contribution in [2.24, 2.45) is 0 Å². The number of aryl methyl sites for hydroxylation is 1. The van der Waals surface area contributed by atoms with Gasteiger partial charge in [0.25, 0.3) is 0 Å². The predicted molar refractivity (Wildman–Crippen MR) is 58.3 cm³/mol. The van der Waals surface area contributed by atoms with Crippen LogP contribution in [0.4, 0.5) is 0 Å². The Morgan fingerprint density at radius 3 is 3.00 bits per heavy atom. The van der Waals surface area contributed by atoms with E-state index in [0.29, 0.717) is 17.8 Å². The second kappa shape index (κ2) is 4.30. The van der Waals surface area contributed by atoms with Crippen LogP contribution in [0.25, 0.3) is 5.65 Å². The number of carbonyl (C=O) groups is 1. The van der Waals surface area contributed by atoms with Gasteiger partial charge in [-0.25, -0.2) is 14.3 Å². The zero-order valence-electron chi connectivity index (χ0n) is 9.30. The molecule has 2 heterocycles. The molecule has 0 bridgehead atoms. The molecule has 0 saturated carbocycles. The lowest BCUT2D eigenvalue weighted by Gasteiger charge is -2.01. The van der Waals surface area contributed by atoms with E-state index < -0.39 is 0 Å². The molecule has 84 valence electrons. The fourth-order valence-corrected chi connectivity index (χ4v) is 1.56. The molecule has 2 rings (SSSR count). The minimum absolute atomic E-state index is 0.351. The van der Waals surface area contributed by atoms with E-state index >= 15 is 0 Å². The van der Waals surface area contributed by atoms with Crippen molar-refractivity contribution in [1.82, 2.24) is 14.6 Å². The lowest BCUT2D eigenvalue weighted by molar-refractivity contribution is 0.0528. The summed E-state index contributed by atoms with van der Waals surface area (Å²) >= 11 is 0. The number of aromatic nitrogens is 3. The molecule has 0 radical (unpaired) electrons. The monoisotopic (exact) mass is 219 g/mol. The number of fused-ring (bicyclic) bond motifs is 1. The average Bonchev–Trinajstić information content (AvgIpc) is 2.72. The first-order valence-electron chi connectivity index (χ1n) is 5.26. The minimum Gasteiger partial charge on any atom is -0.462 e. The van der Waals surface area contributed by atoms with Gasteiger partial charge in [-0.3, -0.25) is 0 Å². The summed E-state index contributed by atoms with van der Waals surface area (Å²) in [6.07, 6.45) is 4.01. The Labute approximate surface area is 93.1 Å². The normalized spacial score (nSPS) is 10.6. The summed E-state index contributed by atoms with van der Waals surface area (Å²) in [4.78, 5) is 15.8. The van der Waals surface area contributed by atoms with Crippen LogP contribution >= 0.6 is 0 Å². The van der Waals surface area contributed by atoms with E-state index in [1.54, 1.807) is 17.6 Å². The molecule has 5 heteroatoms. The van der Waals surface area contributed by atoms with Crippen LogP contribution in [0.1, 0.15) is 29.9 Å². The zero-order valence-corrected chi connectivity index (χ0v) is 9.30. The highest BCUT2D eigenvalue weighted by Gasteiger charge is 2.15. The molecule has 2 aromatic rings. The van der Waals surface area contributed by atoms with Crippen molar-refractivity contribution in [2.45, 2.75) is 20.3 Å². The summed E-state index contributed by atoms with van der Waals surface area (Å²) in [5.74, 6) is -0.377. The topological polar surface area (TPSA) is 56.5 Å². The van der Waals surface area contributed by atoms with Gasteiger partial charge in [0.15, 0.2) is 5.65 Å². The van der Waals surface area contributed by atoms with E-state index in [0.717, 1.165) is 12.1 Å². The van der Waals surface area contributed by atoms with Gasteiger partial charge in [-0.15, -0.1) is 0 Å². The molecule has 0 aromatic carbocycles. The molecular weight excluding hydrogens is 206 g/mol. The third-order valence-electron chi connectivity index (χ3n) is 2.34. The highest BCUT2D eigenvalue weighted by atomic mass is 16.5. The molecule has 0 N–H and O–H groups in total. The molecule has 5 nitrogen and oxygen atoms in total. The molecule has 16 heavy (non-hydrogen) atoms.